The van der Waals surface area contributed by atoms with Gasteiger partial charge in [-0.2, -0.15) is 5.26 Å². The van der Waals surface area contributed by atoms with Crippen molar-refractivity contribution in [3.05, 3.63) is 65.4 Å². The van der Waals surface area contributed by atoms with Crippen LogP contribution in [0.2, 0.25) is 0 Å². The van der Waals surface area contributed by atoms with Gasteiger partial charge in [0.2, 0.25) is 0 Å². The third-order valence-electron chi connectivity index (χ3n) is 6.29. The summed E-state index contributed by atoms with van der Waals surface area (Å²) in [5, 5.41) is 10.4. The monoisotopic (exact) mass is 423 g/mol. The first kappa shape index (κ1) is 21.8. The number of likely N-dealkylation sites (tertiary alicyclic amines) is 1. The molecule has 1 aliphatic heterocycles. The molecule has 0 aliphatic carbocycles. The van der Waals surface area contributed by atoms with Crippen LogP contribution in [-0.4, -0.2) is 41.5 Å². The summed E-state index contributed by atoms with van der Waals surface area (Å²) in [6.07, 6.45) is 10.0. The van der Waals surface area contributed by atoms with E-state index in [0.29, 0.717) is 23.6 Å². The van der Waals surface area contributed by atoms with Crippen LogP contribution in [-0.2, 0) is 13.0 Å². The van der Waals surface area contributed by atoms with Crippen molar-refractivity contribution in [3.8, 4) is 18.4 Å². The highest BCUT2D eigenvalue weighted by Gasteiger charge is 2.19. The Labute approximate surface area is 190 Å². The summed E-state index contributed by atoms with van der Waals surface area (Å²) in [6.45, 7) is 3.77. The molecule has 3 aromatic rings. The number of hydrogen-bond acceptors (Lipinski definition) is 5. The fourth-order valence-electron chi connectivity index (χ4n) is 4.43. The number of anilines is 1. The fraction of sp³-hybridized carbons (Fsp3) is 0.370. The molecule has 3 heterocycles. The first-order valence-corrected chi connectivity index (χ1v) is 11.3. The van der Waals surface area contributed by atoms with Crippen molar-refractivity contribution >= 4 is 16.9 Å². The van der Waals surface area contributed by atoms with E-state index < -0.39 is 0 Å². The number of pyridine rings is 2. The summed E-state index contributed by atoms with van der Waals surface area (Å²) in [5.41, 5.74) is 3.66. The molecule has 2 aromatic heterocycles. The Balaban J connectivity index is 1.36. The van der Waals surface area contributed by atoms with Crippen molar-refractivity contribution in [1.82, 2.24) is 14.9 Å². The Morgan fingerprint density at radius 1 is 1.12 bits per heavy atom. The molecule has 0 unspecified atom stereocenters. The van der Waals surface area contributed by atoms with Crippen LogP contribution in [0.5, 0.6) is 0 Å². The topological polar surface area (TPSA) is 56.1 Å². The lowest BCUT2D eigenvalue weighted by atomic mass is 9.91. The molecule has 162 valence electrons. The van der Waals surface area contributed by atoms with E-state index in [-0.39, 0.29) is 0 Å². The van der Waals surface area contributed by atoms with Crippen LogP contribution in [0.15, 0.2) is 48.5 Å². The number of fused-ring (bicyclic) bond motifs is 1. The summed E-state index contributed by atoms with van der Waals surface area (Å²) in [5.74, 6) is 3.94. The zero-order valence-corrected chi connectivity index (χ0v) is 18.7. The van der Waals surface area contributed by atoms with Gasteiger partial charge in [-0.15, -0.1) is 6.42 Å². The van der Waals surface area contributed by atoms with Crippen LogP contribution < -0.4 is 4.90 Å². The Bertz CT molecular complexity index is 1130. The van der Waals surface area contributed by atoms with Gasteiger partial charge in [-0.1, -0.05) is 36.3 Å². The van der Waals surface area contributed by atoms with Crippen molar-refractivity contribution in [1.29, 1.82) is 5.26 Å². The molecule has 0 N–H and O–H groups in total. The number of terminal acetylenes is 1. The SMILES string of the molecule is C#CCN(C)c1nc2nc(CCC3CCN(Cc4ccccc4)CC3)ccc2cc1C#N. The Morgan fingerprint density at radius 2 is 1.91 bits per heavy atom. The molecule has 0 spiro atoms. The number of nitrogens with zero attached hydrogens (tertiary/aromatic N) is 5. The molecule has 1 saturated heterocycles. The second kappa shape index (κ2) is 10.3. The molecular weight excluding hydrogens is 394 g/mol. The van der Waals surface area contributed by atoms with E-state index in [1.807, 2.05) is 24.1 Å². The predicted molar refractivity (Wildman–Crippen MR) is 129 cm³/mol. The number of benzene rings is 1. The van der Waals surface area contributed by atoms with Gasteiger partial charge < -0.3 is 4.90 Å². The summed E-state index contributed by atoms with van der Waals surface area (Å²) in [7, 11) is 1.85. The third-order valence-corrected chi connectivity index (χ3v) is 6.29. The molecule has 0 amide bonds. The highest BCUT2D eigenvalue weighted by atomic mass is 15.2. The van der Waals surface area contributed by atoms with Crippen LogP contribution in [0.1, 0.15) is 36.1 Å². The van der Waals surface area contributed by atoms with Crippen molar-refractivity contribution in [2.24, 2.45) is 5.92 Å². The first-order chi connectivity index (χ1) is 15.7. The number of aromatic nitrogens is 2. The van der Waals surface area contributed by atoms with Crippen LogP contribution in [0.25, 0.3) is 11.0 Å². The van der Waals surface area contributed by atoms with Crippen molar-refractivity contribution in [2.45, 2.75) is 32.2 Å². The van der Waals surface area contributed by atoms with E-state index in [1.54, 1.807) is 0 Å². The summed E-state index contributed by atoms with van der Waals surface area (Å²) in [6, 6.07) is 18.9. The zero-order chi connectivity index (χ0) is 22.3. The van der Waals surface area contributed by atoms with E-state index in [1.165, 1.54) is 18.4 Å². The average Bonchev–Trinajstić information content (AvgIpc) is 2.83. The van der Waals surface area contributed by atoms with Gasteiger partial charge in [0.15, 0.2) is 5.65 Å². The molecule has 0 radical (unpaired) electrons. The smallest absolute Gasteiger partial charge is 0.161 e. The number of rotatable bonds is 7. The zero-order valence-electron chi connectivity index (χ0n) is 18.7. The van der Waals surface area contributed by atoms with Gasteiger partial charge in [0.05, 0.1) is 12.1 Å². The number of piperidine rings is 1. The minimum absolute atomic E-state index is 0.399. The van der Waals surface area contributed by atoms with Gasteiger partial charge in [-0.05, 0) is 68.5 Å². The lowest BCUT2D eigenvalue weighted by Gasteiger charge is -2.32. The van der Waals surface area contributed by atoms with Gasteiger partial charge in [0, 0.05) is 24.7 Å². The van der Waals surface area contributed by atoms with Crippen molar-refractivity contribution in [3.63, 3.8) is 0 Å². The second-order valence-corrected chi connectivity index (χ2v) is 8.62. The quantitative estimate of drug-likeness (QED) is 0.527. The Kier molecular flexibility index (Phi) is 7.00. The van der Waals surface area contributed by atoms with Gasteiger partial charge >= 0.3 is 0 Å². The normalized spacial score (nSPS) is 14.7. The molecule has 1 aromatic carbocycles. The molecule has 5 nitrogen and oxygen atoms in total. The van der Waals surface area contributed by atoms with Gasteiger partial charge in [0.25, 0.3) is 0 Å². The molecule has 0 bridgehead atoms. The minimum atomic E-state index is 0.399. The summed E-state index contributed by atoms with van der Waals surface area (Å²) in [4.78, 5) is 13.8. The van der Waals surface area contributed by atoms with E-state index >= 15 is 0 Å². The molecule has 1 aliphatic rings. The minimum Gasteiger partial charge on any atom is -0.347 e. The van der Waals surface area contributed by atoms with Crippen LogP contribution in [0.4, 0.5) is 5.82 Å². The van der Waals surface area contributed by atoms with E-state index in [9.17, 15) is 5.26 Å². The third kappa shape index (κ3) is 5.25. The first-order valence-electron chi connectivity index (χ1n) is 11.3. The molecule has 0 atom stereocenters. The summed E-state index contributed by atoms with van der Waals surface area (Å²) >= 11 is 0. The maximum absolute atomic E-state index is 9.49. The van der Waals surface area contributed by atoms with Gasteiger partial charge in [-0.25, -0.2) is 9.97 Å². The Hall–Kier alpha value is -3.41. The summed E-state index contributed by atoms with van der Waals surface area (Å²) < 4.78 is 0. The van der Waals surface area contributed by atoms with Gasteiger partial charge in [0.1, 0.15) is 11.9 Å². The van der Waals surface area contributed by atoms with Gasteiger partial charge in [-0.3, -0.25) is 4.90 Å². The van der Waals surface area contributed by atoms with E-state index in [0.717, 1.165) is 49.5 Å². The number of hydrogen-bond donors (Lipinski definition) is 0. The molecule has 0 saturated carbocycles. The maximum Gasteiger partial charge on any atom is 0.161 e. The standard InChI is InChI=1S/C27H29N5/c1-3-15-31(2)27-24(19-28)18-23-10-12-25(29-26(23)30-27)11-9-21-13-16-32(17-14-21)20-22-7-5-4-6-8-22/h1,4-8,10,12,18,21H,9,11,13-17,20H2,2H3. The lowest BCUT2D eigenvalue weighted by Crippen LogP contribution is -2.33. The molecular formula is C27H29N5. The molecule has 1 fully saturated rings. The van der Waals surface area contributed by atoms with Crippen molar-refractivity contribution in [2.75, 3.05) is 31.6 Å². The van der Waals surface area contributed by atoms with E-state index in [2.05, 4.69) is 58.3 Å². The number of aryl methyl sites for hydroxylation is 1. The lowest BCUT2D eigenvalue weighted by molar-refractivity contribution is 0.172. The van der Waals surface area contributed by atoms with Crippen LogP contribution in [0, 0.1) is 29.6 Å². The van der Waals surface area contributed by atoms with Crippen LogP contribution >= 0.6 is 0 Å². The predicted octanol–water partition coefficient (Wildman–Crippen LogP) is 4.42. The second-order valence-electron chi connectivity index (χ2n) is 8.62. The highest BCUT2D eigenvalue weighted by molar-refractivity contribution is 5.80. The Morgan fingerprint density at radius 3 is 2.62 bits per heavy atom. The average molecular weight is 424 g/mol. The largest absolute Gasteiger partial charge is 0.347 e. The fourth-order valence-corrected chi connectivity index (χ4v) is 4.43. The van der Waals surface area contributed by atoms with Crippen LogP contribution in [0.3, 0.4) is 0 Å². The van der Waals surface area contributed by atoms with E-state index in [4.69, 9.17) is 11.4 Å². The molecule has 32 heavy (non-hydrogen) atoms. The molecule has 4 rings (SSSR count). The molecule has 5 heteroatoms. The van der Waals surface area contributed by atoms with Crippen molar-refractivity contribution < 1.29 is 0 Å². The highest BCUT2D eigenvalue weighted by Crippen LogP contribution is 2.25. The maximum atomic E-state index is 9.49. The number of nitriles is 1.